The average molecular weight is 204 g/mol. The van der Waals surface area contributed by atoms with Crippen molar-refractivity contribution in [1.29, 1.82) is 0 Å². The minimum absolute atomic E-state index is 0.439. The first-order valence-electron chi connectivity index (χ1n) is 4.00. The lowest BCUT2D eigenvalue weighted by Gasteiger charge is -1.98. The van der Waals surface area contributed by atoms with Crippen LogP contribution in [-0.2, 0) is 6.54 Å². The van der Waals surface area contributed by atoms with Crippen molar-refractivity contribution in [3.05, 3.63) is 12.5 Å². The van der Waals surface area contributed by atoms with Gasteiger partial charge in [-0.1, -0.05) is 5.92 Å². The highest BCUT2D eigenvalue weighted by Crippen LogP contribution is 2.21. The van der Waals surface area contributed by atoms with Gasteiger partial charge in [-0.25, -0.2) is 14.6 Å². The fourth-order valence-corrected chi connectivity index (χ4v) is 1.75. The van der Waals surface area contributed by atoms with Crippen LogP contribution in [0.3, 0.4) is 0 Å². The molecule has 14 heavy (non-hydrogen) atoms. The van der Waals surface area contributed by atoms with Gasteiger partial charge in [-0.3, -0.25) is 0 Å². The summed E-state index contributed by atoms with van der Waals surface area (Å²) in [5.41, 5.74) is 0.794. The number of fused-ring (bicyclic) bond motifs is 1. The SMILES string of the molecule is C#CCn1ncc2c(SC)ncnc21. The van der Waals surface area contributed by atoms with E-state index in [2.05, 4.69) is 21.0 Å². The van der Waals surface area contributed by atoms with Crippen molar-refractivity contribution in [1.82, 2.24) is 19.7 Å². The highest BCUT2D eigenvalue weighted by Gasteiger charge is 2.07. The number of hydrogen-bond acceptors (Lipinski definition) is 4. The third-order valence-corrected chi connectivity index (χ3v) is 2.54. The molecule has 0 aliphatic heterocycles. The Hall–Kier alpha value is -1.54. The predicted octanol–water partition coefficient (Wildman–Crippen LogP) is 1.18. The van der Waals surface area contributed by atoms with Crippen molar-refractivity contribution >= 4 is 22.8 Å². The molecular weight excluding hydrogens is 196 g/mol. The minimum Gasteiger partial charge on any atom is -0.235 e. The molecule has 2 aromatic heterocycles. The molecule has 70 valence electrons. The Kier molecular flexibility index (Phi) is 2.37. The van der Waals surface area contributed by atoms with E-state index in [9.17, 15) is 0 Å². The van der Waals surface area contributed by atoms with Gasteiger partial charge in [-0.05, 0) is 6.26 Å². The maximum absolute atomic E-state index is 5.22. The number of thioether (sulfide) groups is 1. The molecule has 0 saturated carbocycles. The second-order valence-electron chi connectivity index (χ2n) is 2.63. The molecule has 2 heterocycles. The van der Waals surface area contributed by atoms with E-state index < -0.39 is 0 Å². The van der Waals surface area contributed by atoms with Crippen molar-refractivity contribution in [3.63, 3.8) is 0 Å². The van der Waals surface area contributed by atoms with Crippen LogP contribution < -0.4 is 0 Å². The van der Waals surface area contributed by atoms with E-state index >= 15 is 0 Å². The van der Waals surface area contributed by atoms with Crippen molar-refractivity contribution < 1.29 is 0 Å². The molecule has 0 amide bonds. The summed E-state index contributed by atoms with van der Waals surface area (Å²) in [6, 6.07) is 0. The van der Waals surface area contributed by atoms with E-state index in [1.807, 2.05) is 6.26 Å². The fourth-order valence-electron chi connectivity index (χ4n) is 1.24. The molecule has 0 aliphatic rings. The first-order chi connectivity index (χ1) is 6.86. The summed E-state index contributed by atoms with van der Waals surface area (Å²) in [5.74, 6) is 2.53. The van der Waals surface area contributed by atoms with E-state index in [1.165, 1.54) is 6.33 Å². The molecule has 0 fully saturated rings. The molecule has 0 saturated heterocycles. The standard InChI is InChI=1S/C9H8N4S/c1-3-4-13-8-7(5-12-13)9(14-2)11-6-10-8/h1,5-6H,4H2,2H3. The van der Waals surface area contributed by atoms with Gasteiger partial charge in [0, 0.05) is 0 Å². The monoisotopic (exact) mass is 204 g/mol. The number of rotatable bonds is 2. The molecule has 0 unspecified atom stereocenters. The Morgan fingerprint density at radius 1 is 1.57 bits per heavy atom. The summed E-state index contributed by atoms with van der Waals surface area (Å²) in [5, 5.41) is 6.03. The Bertz CT molecular complexity index is 497. The lowest BCUT2D eigenvalue weighted by Crippen LogP contribution is -1.98. The highest BCUT2D eigenvalue weighted by atomic mass is 32.2. The highest BCUT2D eigenvalue weighted by molar-refractivity contribution is 7.98. The van der Waals surface area contributed by atoms with Crippen molar-refractivity contribution in [2.75, 3.05) is 6.26 Å². The van der Waals surface area contributed by atoms with Crippen molar-refractivity contribution in [2.45, 2.75) is 11.6 Å². The molecule has 4 nitrogen and oxygen atoms in total. The normalized spacial score (nSPS) is 10.3. The topological polar surface area (TPSA) is 43.6 Å². The smallest absolute Gasteiger partial charge is 0.163 e. The van der Waals surface area contributed by atoms with Crippen molar-refractivity contribution in [3.8, 4) is 12.3 Å². The average Bonchev–Trinajstić information content (AvgIpc) is 2.62. The predicted molar refractivity (Wildman–Crippen MR) is 55.9 cm³/mol. The summed E-state index contributed by atoms with van der Waals surface area (Å²) in [6.07, 6.45) is 10.5. The molecule has 0 N–H and O–H groups in total. The van der Waals surface area contributed by atoms with Gasteiger partial charge in [-0.2, -0.15) is 5.10 Å². The zero-order chi connectivity index (χ0) is 9.97. The van der Waals surface area contributed by atoms with E-state index in [4.69, 9.17) is 6.42 Å². The Morgan fingerprint density at radius 3 is 3.14 bits per heavy atom. The summed E-state index contributed by atoms with van der Waals surface area (Å²) in [6.45, 7) is 0.439. The number of aromatic nitrogens is 4. The van der Waals surface area contributed by atoms with Gasteiger partial charge < -0.3 is 0 Å². The van der Waals surface area contributed by atoms with Gasteiger partial charge in [0.2, 0.25) is 0 Å². The summed E-state index contributed by atoms with van der Waals surface area (Å²) in [7, 11) is 0. The van der Waals surface area contributed by atoms with Gasteiger partial charge in [0.1, 0.15) is 17.9 Å². The fraction of sp³-hybridized carbons (Fsp3) is 0.222. The van der Waals surface area contributed by atoms with Crippen LogP contribution in [-0.4, -0.2) is 26.0 Å². The molecule has 0 spiro atoms. The van der Waals surface area contributed by atoms with Crippen LogP contribution in [0.5, 0.6) is 0 Å². The summed E-state index contributed by atoms with van der Waals surface area (Å²) in [4.78, 5) is 8.29. The van der Waals surface area contributed by atoms with Crippen molar-refractivity contribution in [2.24, 2.45) is 0 Å². The Balaban J connectivity index is 2.64. The van der Waals surface area contributed by atoms with Crippen LogP contribution in [0.2, 0.25) is 0 Å². The summed E-state index contributed by atoms with van der Waals surface area (Å²) < 4.78 is 1.69. The Morgan fingerprint density at radius 2 is 2.43 bits per heavy atom. The first kappa shape index (κ1) is 9.03. The lowest BCUT2D eigenvalue weighted by atomic mass is 10.4. The molecule has 2 aromatic rings. The van der Waals surface area contributed by atoms with Crippen LogP contribution in [0, 0.1) is 12.3 Å². The molecule has 0 bridgehead atoms. The lowest BCUT2D eigenvalue weighted by molar-refractivity contribution is 0.732. The van der Waals surface area contributed by atoms with Gasteiger partial charge in [0.25, 0.3) is 0 Å². The zero-order valence-corrected chi connectivity index (χ0v) is 8.45. The molecule has 0 aromatic carbocycles. The van der Waals surface area contributed by atoms with Gasteiger partial charge in [0.15, 0.2) is 5.65 Å². The maximum atomic E-state index is 5.22. The molecular formula is C9H8N4S. The summed E-state index contributed by atoms with van der Waals surface area (Å²) >= 11 is 1.57. The molecule has 2 rings (SSSR count). The zero-order valence-electron chi connectivity index (χ0n) is 7.64. The maximum Gasteiger partial charge on any atom is 0.163 e. The minimum atomic E-state index is 0.439. The second-order valence-corrected chi connectivity index (χ2v) is 3.42. The van der Waals surface area contributed by atoms with Crippen LogP contribution in [0.1, 0.15) is 0 Å². The number of nitrogens with zero attached hydrogens (tertiary/aromatic N) is 4. The van der Waals surface area contributed by atoms with Crippen LogP contribution in [0.25, 0.3) is 11.0 Å². The van der Waals surface area contributed by atoms with Gasteiger partial charge in [-0.15, -0.1) is 18.2 Å². The van der Waals surface area contributed by atoms with Gasteiger partial charge in [0.05, 0.1) is 11.6 Å². The van der Waals surface area contributed by atoms with E-state index in [0.717, 1.165) is 16.1 Å². The third-order valence-electron chi connectivity index (χ3n) is 1.83. The molecule has 0 radical (unpaired) electrons. The Labute approximate surface area is 85.7 Å². The number of hydrogen-bond donors (Lipinski definition) is 0. The molecule has 0 atom stereocenters. The van der Waals surface area contributed by atoms with Gasteiger partial charge >= 0.3 is 0 Å². The quantitative estimate of drug-likeness (QED) is 0.418. The van der Waals surface area contributed by atoms with E-state index in [0.29, 0.717) is 6.54 Å². The van der Waals surface area contributed by atoms with E-state index in [-0.39, 0.29) is 0 Å². The molecule has 0 aliphatic carbocycles. The second kappa shape index (κ2) is 3.68. The first-order valence-corrected chi connectivity index (χ1v) is 5.23. The third kappa shape index (κ3) is 1.34. The van der Waals surface area contributed by atoms with Crippen LogP contribution >= 0.6 is 11.8 Å². The molecule has 5 heteroatoms. The van der Waals surface area contributed by atoms with Crippen LogP contribution in [0.4, 0.5) is 0 Å². The van der Waals surface area contributed by atoms with E-state index in [1.54, 1.807) is 22.6 Å². The number of terminal acetylenes is 1. The van der Waals surface area contributed by atoms with Crippen LogP contribution in [0.15, 0.2) is 17.6 Å². The largest absolute Gasteiger partial charge is 0.235 e.